The second-order valence-electron chi connectivity index (χ2n) is 6.86. The number of aromatic nitrogens is 1. The molecule has 1 amide bonds. The molecule has 1 aromatic heterocycles. The number of halogens is 2. The Bertz CT molecular complexity index is 923. The number of ether oxygens (including phenoxy) is 1. The highest BCUT2D eigenvalue weighted by atomic mass is 35.5. The van der Waals surface area contributed by atoms with E-state index in [0.29, 0.717) is 24.4 Å². The first-order chi connectivity index (χ1) is 13.8. The number of nitrogens with two attached hydrogens (primary N) is 1. The Labute approximate surface area is 176 Å². The molecule has 156 valence electrons. The monoisotopic (exact) mass is 441 g/mol. The summed E-state index contributed by atoms with van der Waals surface area (Å²) in [7, 11) is 1.58. The van der Waals surface area contributed by atoms with Crippen LogP contribution in [0, 0.1) is 5.82 Å². The molecular formula is C19H21ClFN3O4S. The highest BCUT2D eigenvalue weighted by Gasteiger charge is 2.38. The first-order valence-electron chi connectivity index (χ1n) is 9.00. The zero-order chi connectivity index (χ0) is 21.1. The Morgan fingerprint density at radius 3 is 2.93 bits per heavy atom. The van der Waals surface area contributed by atoms with Crippen molar-refractivity contribution in [1.82, 2.24) is 9.88 Å². The molecule has 7 nitrogen and oxygen atoms in total. The molecule has 0 radical (unpaired) electrons. The number of carboxylic acid groups (broad SMARTS) is 1. The Kier molecular flexibility index (Phi) is 6.71. The highest BCUT2D eigenvalue weighted by molar-refractivity contribution is 7.11. The lowest BCUT2D eigenvalue weighted by Gasteiger charge is -2.23. The molecule has 1 aromatic carbocycles. The van der Waals surface area contributed by atoms with Crippen LogP contribution in [-0.2, 0) is 27.2 Å². The number of rotatable bonds is 7. The number of thiazole rings is 1. The summed E-state index contributed by atoms with van der Waals surface area (Å²) in [5.41, 5.74) is 5.89. The van der Waals surface area contributed by atoms with Crippen molar-refractivity contribution in [3.8, 4) is 0 Å². The summed E-state index contributed by atoms with van der Waals surface area (Å²) in [6.45, 7) is 0.369. The van der Waals surface area contributed by atoms with Crippen molar-refractivity contribution in [2.24, 2.45) is 0 Å². The number of carbonyl (C=O) groups is 2. The molecule has 1 fully saturated rings. The van der Waals surface area contributed by atoms with Crippen LogP contribution < -0.4 is 5.73 Å². The van der Waals surface area contributed by atoms with Crippen molar-refractivity contribution in [1.29, 1.82) is 0 Å². The third-order valence-electron chi connectivity index (χ3n) is 4.87. The molecule has 10 heteroatoms. The van der Waals surface area contributed by atoms with Gasteiger partial charge in [0.2, 0.25) is 5.91 Å². The number of likely N-dealkylation sites (tertiary alicyclic amines) is 1. The molecule has 3 rings (SSSR count). The molecule has 1 aliphatic heterocycles. The van der Waals surface area contributed by atoms with Crippen molar-refractivity contribution in [2.45, 2.75) is 37.8 Å². The average Bonchev–Trinajstić information content (AvgIpc) is 3.31. The van der Waals surface area contributed by atoms with Gasteiger partial charge in [-0.1, -0.05) is 11.6 Å². The fourth-order valence-corrected chi connectivity index (χ4v) is 4.53. The quantitative estimate of drug-likeness (QED) is 0.639. The maximum absolute atomic E-state index is 14.2. The number of nitrogens with zero attached hydrogens (tertiary/aromatic N) is 2. The van der Waals surface area contributed by atoms with E-state index in [1.807, 2.05) is 0 Å². The number of aryl methyl sites for hydroxylation is 1. The molecule has 1 saturated heterocycles. The fourth-order valence-electron chi connectivity index (χ4n) is 3.30. The minimum Gasteiger partial charge on any atom is -0.481 e. The lowest BCUT2D eigenvalue weighted by atomic mass is 10.1. The van der Waals surface area contributed by atoms with E-state index >= 15 is 0 Å². The maximum Gasteiger partial charge on any atom is 0.303 e. The van der Waals surface area contributed by atoms with Gasteiger partial charge in [0.15, 0.2) is 0 Å². The van der Waals surface area contributed by atoms with Gasteiger partial charge in [0.1, 0.15) is 10.8 Å². The first-order valence-corrected chi connectivity index (χ1v) is 10.2. The van der Waals surface area contributed by atoms with Gasteiger partial charge in [-0.3, -0.25) is 9.59 Å². The Hall–Kier alpha value is -2.23. The van der Waals surface area contributed by atoms with Crippen molar-refractivity contribution >= 4 is 40.5 Å². The second kappa shape index (κ2) is 9.06. The molecule has 2 aromatic rings. The minimum atomic E-state index is -0.874. The lowest BCUT2D eigenvalue weighted by molar-refractivity contribution is -0.137. The number of carbonyl (C=O) groups excluding carboxylic acids is 1. The normalized spacial score (nSPS) is 18.9. The summed E-state index contributed by atoms with van der Waals surface area (Å²) in [5, 5.41) is 9.76. The van der Waals surface area contributed by atoms with Crippen molar-refractivity contribution < 1.29 is 23.8 Å². The van der Waals surface area contributed by atoms with Gasteiger partial charge in [0.05, 0.1) is 35.7 Å². The number of amides is 1. The highest BCUT2D eigenvalue weighted by Crippen LogP contribution is 2.36. The van der Waals surface area contributed by atoms with Gasteiger partial charge in [-0.2, -0.15) is 0 Å². The van der Waals surface area contributed by atoms with Crippen LogP contribution in [0.2, 0.25) is 5.02 Å². The molecule has 0 saturated carbocycles. The SMILES string of the molecule is CO[C@H]1C[C@@H](c2ncc(CCC(=O)O)s2)N(C(=O)Cc2cc(Cl)c(N)cc2F)C1. The molecule has 3 N–H and O–H groups in total. The molecule has 0 spiro atoms. The van der Waals surface area contributed by atoms with Crippen LogP contribution in [0.5, 0.6) is 0 Å². The van der Waals surface area contributed by atoms with Gasteiger partial charge < -0.3 is 20.5 Å². The van der Waals surface area contributed by atoms with Gasteiger partial charge in [-0.05, 0) is 24.1 Å². The summed E-state index contributed by atoms with van der Waals surface area (Å²) in [4.78, 5) is 30.6. The average molecular weight is 442 g/mol. The van der Waals surface area contributed by atoms with Gasteiger partial charge in [-0.25, -0.2) is 9.37 Å². The minimum absolute atomic E-state index is 0.0207. The van der Waals surface area contributed by atoms with Gasteiger partial charge in [0.25, 0.3) is 0 Å². The third-order valence-corrected chi connectivity index (χ3v) is 6.35. The van der Waals surface area contributed by atoms with Crippen LogP contribution in [0.15, 0.2) is 18.3 Å². The van der Waals surface area contributed by atoms with Crippen LogP contribution in [0.25, 0.3) is 0 Å². The van der Waals surface area contributed by atoms with E-state index in [1.165, 1.54) is 17.4 Å². The predicted molar refractivity (Wildman–Crippen MR) is 107 cm³/mol. The van der Waals surface area contributed by atoms with Crippen LogP contribution in [0.4, 0.5) is 10.1 Å². The predicted octanol–water partition coefficient (Wildman–Crippen LogP) is 3.07. The summed E-state index contributed by atoms with van der Waals surface area (Å²) < 4.78 is 19.6. The smallest absolute Gasteiger partial charge is 0.303 e. The van der Waals surface area contributed by atoms with E-state index in [2.05, 4.69) is 4.98 Å². The number of hydrogen-bond donors (Lipinski definition) is 2. The molecule has 0 unspecified atom stereocenters. The third kappa shape index (κ3) is 5.04. The van der Waals surface area contributed by atoms with Crippen LogP contribution in [0.3, 0.4) is 0 Å². The summed E-state index contributed by atoms with van der Waals surface area (Å²) in [5.74, 6) is -1.72. The summed E-state index contributed by atoms with van der Waals surface area (Å²) >= 11 is 7.35. The number of anilines is 1. The van der Waals surface area contributed by atoms with E-state index in [1.54, 1.807) is 18.2 Å². The van der Waals surface area contributed by atoms with Crippen molar-refractivity contribution in [3.05, 3.63) is 44.6 Å². The molecule has 1 aliphatic rings. The largest absolute Gasteiger partial charge is 0.481 e. The summed E-state index contributed by atoms with van der Waals surface area (Å²) in [6.07, 6.45) is 2.30. The van der Waals surface area contributed by atoms with E-state index in [-0.39, 0.29) is 47.2 Å². The van der Waals surface area contributed by atoms with Crippen molar-refractivity contribution in [2.75, 3.05) is 19.4 Å². The Morgan fingerprint density at radius 2 is 2.24 bits per heavy atom. The molecule has 29 heavy (non-hydrogen) atoms. The van der Waals surface area contributed by atoms with E-state index in [4.69, 9.17) is 27.2 Å². The van der Waals surface area contributed by atoms with Gasteiger partial charge in [-0.15, -0.1) is 11.3 Å². The van der Waals surface area contributed by atoms with E-state index in [9.17, 15) is 14.0 Å². The summed E-state index contributed by atoms with van der Waals surface area (Å²) in [6, 6.07) is 2.18. The standard InChI is InChI=1S/C19H21ClFN3O4S/c1-28-11-6-16(19-23-8-12(29-19)2-3-18(26)27)24(9-11)17(25)5-10-4-13(20)15(22)7-14(10)21/h4,7-8,11,16H,2-3,5-6,9,22H2,1H3,(H,26,27)/t11-,16-/m0/s1. The number of carboxylic acids is 1. The number of aliphatic carboxylic acids is 1. The van der Waals surface area contributed by atoms with E-state index < -0.39 is 11.8 Å². The second-order valence-corrected chi connectivity index (χ2v) is 8.41. The molecule has 0 bridgehead atoms. The van der Waals surface area contributed by atoms with Crippen LogP contribution in [-0.4, -0.2) is 46.6 Å². The lowest BCUT2D eigenvalue weighted by Crippen LogP contribution is -2.33. The van der Waals surface area contributed by atoms with Gasteiger partial charge in [0, 0.05) is 31.1 Å². The Balaban J connectivity index is 1.78. The van der Waals surface area contributed by atoms with E-state index in [0.717, 1.165) is 10.9 Å². The molecular weight excluding hydrogens is 421 g/mol. The zero-order valence-electron chi connectivity index (χ0n) is 15.7. The van der Waals surface area contributed by atoms with Crippen LogP contribution >= 0.6 is 22.9 Å². The zero-order valence-corrected chi connectivity index (χ0v) is 17.3. The maximum atomic E-state index is 14.2. The number of hydrogen-bond acceptors (Lipinski definition) is 6. The number of benzene rings is 1. The topological polar surface area (TPSA) is 106 Å². The number of methoxy groups -OCH3 is 1. The van der Waals surface area contributed by atoms with Crippen molar-refractivity contribution in [3.63, 3.8) is 0 Å². The van der Waals surface area contributed by atoms with Crippen LogP contribution in [0.1, 0.15) is 34.3 Å². The molecule has 0 aliphatic carbocycles. The fraction of sp³-hybridized carbons (Fsp3) is 0.421. The Morgan fingerprint density at radius 1 is 1.48 bits per heavy atom. The first kappa shape index (κ1) is 21.5. The van der Waals surface area contributed by atoms with Gasteiger partial charge >= 0.3 is 5.97 Å². The molecule has 2 atom stereocenters. The number of nitrogen functional groups attached to an aromatic ring is 1. The molecule has 2 heterocycles.